The molecule has 0 bridgehead atoms. The lowest BCUT2D eigenvalue weighted by Gasteiger charge is -2.37. The number of aromatic nitrogens is 1. The highest BCUT2D eigenvalue weighted by molar-refractivity contribution is 9.10. The fourth-order valence-electron chi connectivity index (χ4n) is 3.79. The van der Waals surface area contributed by atoms with Gasteiger partial charge in [-0.2, -0.15) is 0 Å². The average molecular weight is 481 g/mol. The van der Waals surface area contributed by atoms with Crippen LogP contribution < -0.4 is 0 Å². The van der Waals surface area contributed by atoms with Gasteiger partial charge in [0.15, 0.2) is 0 Å². The predicted molar refractivity (Wildman–Crippen MR) is 114 cm³/mol. The van der Waals surface area contributed by atoms with Gasteiger partial charge in [0.2, 0.25) is 5.91 Å². The van der Waals surface area contributed by atoms with Crippen LogP contribution in [0.3, 0.4) is 0 Å². The van der Waals surface area contributed by atoms with Crippen LogP contribution in [0.1, 0.15) is 11.6 Å². The van der Waals surface area contributed by atoms with Gasteiger partial charge in [-0.05, 0) is 12.1 Å². The molecule has 162 valence electrons. The zero-order valence-electron chi connectivity index (χ0n) is 16.9. The summed E-state index contributed by atoms with van der Waals surface area (Å²) < 4.78 is 2.36. The second-order valence-corrected chi connectivity index (χ2v) is 8.52. The first-order chi connectivity index (χ1) is 14.2. The smallest absolute Gasteiger partial charge is 0.325 e. The summed E-state index contributed by atoms with van der Waals surface area (Å²) in [4.78, 5) is 40.9. The summed E-state index contributed by atoms with van der Waals surface area (Å²) in [6.45, 7) is 2.23. The Balaban J connectivity index is 1.87. The summed E-state index contributed by atoms with van der Waals surface area (Å²) in [6, 6.07) is 4.54. The van der Waals surface area contributed by atoms with Crippen molar-refractivity contribution in [2.24, 2.45) is 0 Å². The maximum Gasteiger partial charge on any atom is 0.325 e. The number of benzene rings is 1. The Bertz CT molecular complexity index is 966. The number of rotatable bonds is 7. The van der Waals surface area contributed by atoms with Crippen LogP contribution in [0, 0.1) is 0 Å². The van der Waals surface area contributed by atoms with E-state index in [2.05, 4.69) is 15.9 Å². The first-order valence-corrected chi connectivity index (χ1v) is 10.4. The summed E-state index contributed by atoms with van der Waals surface area (Å²) in [7, 11) is 3.43. The highest BCUT2D eigenvalue weighted by Crippen LogP contribution is 2.33. The van der Waals surface area contributed by atoms with E-state index in [4.69, 9.17) is 0 Å². The molecular weight excluding hydrogens is 456 g/mol. The van der Waals surface area contributed by atoms with Crippen molar-refractivity contribution in [3.63, 3.8) is 0 Å². The van der Waals surface area contributed by atoms with Gasteiger partial charge in [0.25, 0.3) is 0 Å². The van der Waals surface area contributed by atoms with Gasteiger partial charge in [-0.1, -0.05) is 22.0 Å². The molecule has 1 atom stereocenters. The van der Waals surface area contributed by atoms with Crippen LogP contribution in [-0.2, 0) is 20.9 Å². The number of carbonyl (C=O) groups excluding carboxylic acids is 1. The van der Waals surface area contributed by atoms with Gasteiger partial charge in [-0.15, -0.1) is 0 Å². The minimum absolute atomic E-state index is 0.0144. The molecule has 1 aromatic heterocycles. The van der Waals surface area contributed by atoms with Gasteiger partial charge in [0, 0.05) is 61.9 Å². The second kappa shape index (κ2) is 9.15. The topological polar surface area (TPSA) is 106 Å². The number of piperazine rings is 1. The summed E-state index contributed by atoms with van der Waals surface area (Å²) >= 11 is 3.40. The van der Waals surface area contributed by atoms with Crippen LogP contribution in [-0.4, -0.2) is 94.1 Å². The van der Waals surface area contributed by atoms with Crippen LogP contribution in [0.25, 0.3) is 10.9 Å². The van der Waals surface area contributed by atoms with Crippen molar-refractivity contribution in [1.82, 2.24) is 19.3 Å². The molecule has 1 aliphatic heterocycles. The average Bonchev–Trinajstić information content (AvgIpc) is 2.99. The van der Waals surface area contributed by atoms with Gasteiger partial charge < -0.3 is 19.7 Å². The van der Waals surface area contributed by atoms with Crippen molar-refractivity contribution in [2.45, 2.75) is 12.6 Å². The SMILES string of the molecule is CN(C)C(=O)CN1CCN(C(C(=O)O)c2cn(CC(=O)O)c3cc(Br)ccc23)CC1. The number of hydrogen-bond acceptors (Lipinski definition) is 5. The highest BCUT2D eigenvalue weighted by atomic mass is 79.9. The molecule has 0 spiro atoms. The van der Waals surface area contributed by atoms with E-state index in [1.165, 1.54) is 0 Å². The molecule has 0 radical (unpaired) electrons. The van der Waals surface area contributed by atoms with Gasteiger partial charge >= 0.3 is 11.9 Å². The lowest BCUT2D eigenvalue weighted by Crippen LogP contribution is -2.51. The first-order valence-electron chi connectivity index (χ1n) is 9.57. The molecule has 1 fully saturated rings. The number of carboxylic acids is 2. The van der Waals surface area contributed by atoms with E-state index in [9.17, 15) is 24.6 Å². The number of nitrogens with zero attached hydrogens (tertiary/aromatic N) is 4. The van der Waals surface area contributed by atoms with Crippen LogP contribution in [0.2, 0.25) is 0 Å². The molecule has 1 amide bonds. The minimum atomic E-state index is -0.996. The summed E-state index contributed by atoms with van der Waals surface area (Å²) in [6.07, 6.45) is 1.63. The molecule has 2 aromatic rings. The van der Waals surface area contributed by atoms with Crippen molar-refractivity contribution >= 4 is 44.7 Å². The predicted octanol–water partition coefficient (Wildman–Crippen LogP) is 1.32. The number of fused-ring (bicyclic) bond motifs is 1. The lowest BCUT2D eigenvalue weighted by atomic mass is 10.0. The molecule has 0 saturated carbocycles. The van der Waals surface area contributed by atoms with E-state index in [1.54, 1.807) is 35.8 Å². The molecule has 9 nitrogen and oxygen atoms in total. The van der Waals surface area contributed by atoms with E-state index in [0.29, 0.717) is 43.8 Å². The minimum Gasteiger partial charge on any atom is -0.480 e. The lowest BCUT2D eigenvalue weighted by molar-refractivity contribution is -0.145. The number of likely N-dealkylation sites (N-methyl/N-ethyl adjacent to an activating group) is 1. The summed E-state index contributed by atoms with van der Waals surface area (Å²) in [5.74, 6) is -1.96. The molecule has 10 heteroatoms. The molecule has 2 heterocycles. The Morgan fingerprint density at radius 1 is 1.10 bits per heavy atom. The van der Waals surface area contributed by atoms with Crippen LogP contribution in [0.15, 0.2) is 28.9 Å². The van der Waals surface area contributed by atoms with Crippen LogP contribution in [0.4, 0.5) is 0 Å². The fourth-order valence-corrected chi connectivity index (χ4v) is 4.14. The maximum atomic E-state index is 12.2. The monoisotopic (exact) mass is 480 g/mol. The third-order valence-corrected chi connectivity index (χ3v) is 5.83. The molecule has 3 rings (SSSR count). The van der Waals surface area contributed by atoms with E-state index in [-0.39, 0.29) is 12.5 Å². The number of aliphatic carboxylic acids is 2. The van der Waals surface area contributed by atoms with Crippen molar-refractivity contribution in [1.29, 1.82) is 0 Å². The molecule has 1 aromatic carbocycles. The van der Waals surface area contributed by atoms with Crippen molar-refractivity contribution in [3.05, 3.63) is 34.4 Å². The quantitative estimate of drug-likeness (QED) is 0.615. The zero-order valence-corrected chi connectivity index (χ0v) is 18.5. The third-order valence-electron chi connectivity index (χ3n) is 5.34. The highest BCUT2D eigenvalue weighted by Gasteiger charge is 2.33. The van der Waals surface area contributed by atoms with E-state index >= 15 is 0 Å². The molecule has 0 aliphatic carbocycles. The second-order valence-electron chi connectivity index (χ2n) is 7.61. The van der Waals surface area contributed by atoms with Crippen molar-refractivity contribution in [3.8, 4) is 0 Å². The molecule has 1 unspecified atom stereocenters. The van der Waals surface area contributed by atoms with Gasteiger partial charge in [-0.3, -0.25) is 24.2 Å². The van der Waals surface area contributed by atoms with Crippen molar-refractivity contribution < 1.29 is 24.6 Å². The van der Waals surface area contributed by atoms with E-state index in [0.717, 1.165) is 9.86 Å². The molecule has 30 heavy (non-hydrogen) atoms. The van der Waals surface area contributed by atoms with Gasteiger partial charge in [0.05, 0.1) is 12.1 Å². The number of carboxylic acid groups (broad SMARTS) is 2. The van der Waals surface area contributed by atoms with Crippen molar-refractivity contribution in [2.75, 3.05) is 46.8 Å². The number of halogens is 1. The van der Waals surface area contributed by atoms with Gasteiger partial charge in [0.1, 0.15) is 12.6 Å². The molecule has 1 aliphatic rings. The summed E-state index contributed by atoms with van der Waals surface area (Å²) in [5.41, 5.74) is 1.24. The van der Waals surface area contributed by atoms with E-state index in [1.807, 2.05) is 21.9 Å². The fraction of sp³-hybridized carbons (Fsp3) is 0.450. The number of amides is 1. The molecule has 1 saturated heterocycles. The zero-order chi connectivity index (χ0) is 22.0. The van der Waals surface area contributed by atoms with Gasteiger partial charge in [-0.25, -0.2) is 0 Å². The normalized spacial score (nSPS) is 16.5. The van der Waals surface area contributed by atoms with E-state index < -0.39 is 18.0 Å². The molecule has 2 N–H and O–H groups in total. The Kier molecular flexibility index (Phi) is 6.79. The summed E-state index contributed by atoms with van der Waals surface area (Å²) in [5, 5.41) is 20.0. The third kappa shape index (κ3) is 4.82. The Morgan fingerprint density at radius 2 is 1.77 bits per heavy atom. The largest absolute Gasteiger partial charge is 0.480 e. The maximum absolute atomic E-state index is 12.2. The number of hydrogen-bond donors (Lipinski definition) is 2. The Morgan fingerprint density at radius 3 is 2.33 bits per heavy atom. The van der Waals surface area contributed by atoms with Crippen LogP contribution in [0.5, 0.6) is 0 Å². The Hall–Kier alpha value is -2.43. The first kappa shape index (κ1) is 22.3. The molecular formula is C20H25BrN4O5. The Labute approximate surface area is 182 Å². The number of carbonyl (C=O) groups is 3. The standard InChI is InChI=1S/C20H25BrN4O5/c1-22(2)17(26)11-23-5-7-24(8-6-23)19(20(29)30)15-10-25(12-18(27)28)16-9-13(21)3-4-14(15)16/h3-4,9-10,19H,5-8,11-12H2,1-2H3,(H,27,28)(H,29,30). The van der Waals surface area contributed by atoms with Crippen LogP contribution >= 0.6 is 15.9 Å².